The van der Waals surface area contributed by atoms with E-state index >= 15 is 0 Å². The molecule has 1 amide bonds. The van der Waals surface area contributed by atoms with Crippen LogP contribution in [0.1, 0.15) is 10.4 Å². The number of carbonyl (C=O) groups excluding carboxylic acids is 1. The van der Waals surface area contributed by atoms with Gasteiger partial charge in [0.1, 0.15) is 17.0 Å². The third-order valence-electron chi connectivity index (χ3n) is 5.81. The van der Waals surface area contributed by atoms with E-state index in [1.54, 1.807) is 25.6 Å². The zero-order valence-corrected chi connectivity index (χ0v) is 19.9. The van der Waals surface area contributed by atoms with Crippen LogP contribution >= 0.6 is 11.3 Å². The number of rotatable bonds is 6. The molecule has 1 fully saturated rings. The van der Waals surface area contributed by atoms with E-state index in [2.05, 4.69) is 4.90 Å². The SMILES string of the molecule is COc1ccc2sc(N3CCN(C(=O)c4ccc(Oc5ccccc5)cc4)CC3)nc2c1OC. The molecule has 2 heterocycles. The third-order valence-corrected chi connectivity index (χ3v) is 6.89. The Morgan fingerprint density at radius 1 is 0.853 bits per heavy atom. The van der Waals surface area contributed by atoms with Crippen molar-refractivity contribution in [3.8, 4) is 23.0 Å². The van der Waals surface area contributed by atoms with Crippen molar-refractivity contribution in [1.29, 1.82) is 0 Å². The molecule has 4 aromatic rings. The molecule has 3 aromatic carbocycles. The average Bonchev–Trinajstić information content (AvgIpc) is 3.33. The Kier molecular flexibility index (Phi) is 6.22. The largest absolute Gasteiger partial charge is 0.493 e. The third kappa shape index (κ3) is 4.36. The predicted octanol–water partition coefficient (Wildman–Crippen LogP) is 5.07. The molecular weight excluding hydrogens is 450 g/mol. The number of ether oxygens (including phenoxy) is 3. The molecule has 1 aromatic heterocycles. The van der Waals surface area contributed by atoms with Crippen LogP contribution in [0.15, 0.2) is 66.7 Å². The van der Waals surface area contributed by atoms with Gasteiger partial charge in [0.15, 0.2) is 16.6 Å². The number of benzene rings is 3. The summed E-state index contributed by atoms with van der Waals surface area (Å²) in [6, 6.07) is 20.8. The first-order valence-corrected chi connectivity index (χ1v) is 11.9. The maximum absolute atomic E-state index is 13.0. The van der Waals surface area contributed by atoms with Gasteiger partial charge < -0.3 is 24.0 Å². The number of hydrogen-bond donors (Lipinski definition) is 0. The molecule has 5 rings (SSSR count). The first-order chi connectivity index (χ1) is 16.7. The van der Waals surface area contributed by atoms with Crippen molar-refractivity contribution in [2.45, 2.75) is 0 Å². The van der Waals surface area contributed by atoms with Gasteiger partial charge in [-0.15, -0.1) is 0 Å². The van der Waals surface area contributed by atoms with Gasteiger partial charge in [-0.1, -0.05) is 29.5 Å². The van der Waals surface area contributed by atoms with Gasteiger partial charge >= 0.3 is 0 Å². The first-order valence-electron chi connectivity index (χ1n) is 11.0. The normalized spacial score (nSPS) is 13.7. The molecule has 1 aliphatic heterocycles. The van der Waals surface area contributed by atoms with Gasteiger partial charge in [0, 0.05) is 31.7 Å². The minimum Gasteiger partial charge on any atom is -0.493 e. The second kappa shape index (κ2) is 9.61. The Bertz CT molecular complexity index is 1280. The Balaban J connectivity index is 1.23. The van der Waals surface area contributed by atoms with E-state index in [4.69, 9.17) is 19.2 Å². The fourth-order valence-electron chi connectivity index (χ4n) is 4.01. The Labute approximate surface area is 202 Å². The maximum Gasteiger partial charge on any atom is 0.253 e. The molecule has 0 aliphatic carbocycles. The van der Waals surface area contributed by atoms with Crippen molar-refractivity contribution >= 4 is 32.6 Å². The lowest BCUT2D eigenvalue weighted by Crippen LogP contribution is -2.48. The summed E-state index contributed by atoms with van der Waals surface area (Å²) < 4.78 is 17.8. The maximum atomic E-state index is 13.0. The van der Waals surface area contributed by atoms with Crippen molar-refractivity contribution in [2.75, 3.05) is 45.3 Å². The van der Waals surface area contributed by atoms with Crippen LogP contribution in [0.5, 0.6) is 23.0 Å². The number of nitrogens with zero attached hydrogens (tertiary/aromatic N) is 3. The van der Waals surface area contributed by atoms with Gasteiger partial charge in [0.05, 0.1) is 18.9 Å². The quantitative estimate of drug-likeness (QED) is 0.388. The predicted molar refractivity (Wildman–Crippen MR) is 134 cm³/mol. The summed E-state index contributed by atoms with van der Waals surface area (Å²) >= 11 is 1.62. The molecule has 8 heteroatoms. The number of piperazine rings is 1. The lowest BCUT2D eigenvalue weighted by Gasteiger charge is -2.34. The summed E-state index contributed by atoms with van der Waals surface area (Å²) in [6.07, 6.45) is 0. The minimum atomic E-state index is 0.0293. The highest BCUT2D eigenvalue weighted by Gasteiger charge is 2.25. The van der Waals surface area contributed by atoms with Crippen LogP contribution in [0.2, 0.25) is 0 Å². The Morgan fingerprint density at radius 3 is 2.24 bits per heavy atom. The molecule has 0 radical (unpaired) electrons. The van der Waals surface area contributed by atoms with E-state index in [1.807, 2.05) is 71.6 Å². The lowest BCUT2D eigenvalue weighted by molar-refractivity contribution is 0.0747. The van der Waals surface area contributed by atoms with Gasteiger partial charge in [-0.05, 0) is 48.5 Å². The highest BCUT2D eigenvalue weighted by Crippen LogP contribution is 2.40. The highest BCUT2D eigenvalue weighted by atomic mass is 32.1. The molecule has 34 heavy (non-hydrogen) atoms. The van der Waals surface area contributed by atoms with E-state index in [-0.39, 0.29) is 5.91 Å². The number of thiazole rings is 1. The van der Waals surface area contributed by atoms with Gasteiger partial charge in [-0.2, -0.15) is 0 Å². The van der Waals surface area contributed by atoms with E-state index < -0.39 is 0 Å². The first kappa shape index (κ1) is 22.0. The topological polar surface area (TPSA) is 64.1 Å². The summed E-state index contributed by atoms with van der Waals surface area (Å²) in [7, 11) is 3.25. The zero-order valence-electron chi connectivity index (χ0n) is 19.1. The number of methoxy groups -OCH3 is 2. The molecule has 0 atom stereocenters. The van der Waals surface area contributed by atoms with Crippen LogP contribution in [-0.2, 0) is 0 Å². The van der Waals surface area contributed by atoms with E-state index in [1.165, 1.54) is 0 Å². The monoisotopic (exact) mass is 475 g/mol. The molecule has 0 unspecified atom stereocenters. The van der Waals surface area contributed by atoms with Gasteiger partial charge in [-0.3, -0.25) is 4.79 Å². The number of carbonyl (C=O) groups is 1. The minimum absolute atomic E-state index is 0.0293. The van der Waals surface area contributed by atoms with Crippen molar-refractivity contribution in [1.82, 2.24) is 9.88 Å². The summed E-state index contributed by atoms with van der Waals surface area (Å²) in [5.41, 5.74) is 1.46. The number of anilines is 1. The number of fused-ring (bicyclic) bond motifs is 1. The lowest BCUT2D eigenvalue weighted by atomic mass is 10.1. The van der Waals surface area contributed by atoms with Crippen molar-refractivity contribution in [3.63, 3.8) is 0 Å². The molecule has 0 N–H and O–H groups in total. The number of amides is 1. The molecule has 0 spiro atoms. The molecule has 7 nitrogen and oxygen atoms in total. The second-order valence-corrected chi connectivity index (χ2v) is 8.87. The molecule has 1 saturated heterocycles. The summed E-state index contributed by atoms with van der Waals surface area (Å²) in [5, 5.41) is 0.927. The van der Waals surface area contributed by atoms with Crippen LogP contribution in [0, 0.1) is 0 Å². The van der Waals surface area contributed by atoms with Gasteiger partial charge in [-0.25, -0.2) is 4.98 Å². The van der Waals surface area contributed by atoms with Crippen LogP contribution in [0.3, 0.4) is 0 Å². The van der Waals surface area contributed by atoms with Crippen LogP contribution in [-0.4, -0.2) is 56.2 Å². The Morgan fingerprint density at radius 2 is 1.56 bits per heavy atom. The van der Waals surface area contributed by atoms with Crippen molar-refractivity contribution < 1.29 is 19.0 Å². The molecule has 174 valence electrons. The smallest absolute Gasteiger partial charge is 0.253 e. The van der Waals surface area contributed by atoms with E-state index in [0.717, 1.165) is 34.2 Å². The van der Waals surface area contributed by atoms with Crippen LogP contribution < -0.4 is 19.1 Å². The van der Waals surface area contributed by atoms with E-state index in [0.29, 0.717) is 35.9 Å². The second-order valence-electron chi connectivity index (χ2n) is 7.86. The summed E-state index contributed by atoms with van der Waals surface area (Å²) in [5.74, 6) is 2.82. The summed E-state index contributed by atoms with van der Waals surface area (Å²) in [6.45, 7) is 2.72. The number of aromatic nitrogens is 1. The molecular formula is C26H25N3O4S. The molecule has 0 saturated carbocycles. The summed E-state index contributed by atoms with van der Waals surface area (Å²) in [4.78, 5) is 21.9. The van der Waals surface area contributed by atoms with Crippen molar-refractivity contribution in [3.05, 3.63) is 72.3 Å². The highest BCUT2D eigenvalue weighted by molar-refractivity contribution is 7.22. The van der Waals surface area contributed by atoms with Crippen LogP contribution in [0.4, 0.5) is 5.13 Å². The van der Waals surface area contributed by atoms with Gasteiger partial charge in [0.25, 0.3) is 5.91 Å². The number of para-hydroxylation sites is 1. The van der Waals surface area contributed by atoms with Crippen molar-refractivity contribution in [2.24, 2.45) is 0 Å². The Hall–Kier alpha value is -3.78. The fourth-order valence-corrected chi connectivity index (χ4v) is 5.02. The van der Waals surface area contributed by atoms with Gasteiger partial charge in [0.2, 0.25) is 0 Å². The zero-order chi connectivity index (χ0) is 23.5. The average molecular weight is 476 g/mol. The molecule has 0 bridgehead atoms. The standard InChI is InChI=1S/C26H25N3O4S/c1-31-21-12-13-22-23(24(21)32-2)27-26(34-22)29-16-14-28(15-17-29)25(30)18-8-10-20(11-9-18)33-19-6-4-3-5-7-19/h3-13H,14-17H2,1-2H3. The van der Waals surface area contributed by atoms with E-state index in [9.17, 15) is 4.79 Å². The molecule has 1 aliphatic rings. The number of hydrogen-bond acceptors (Lipinski definition) is 7. The van der Waals surface area contributed by atoms with Crippen LogP contribution in [0.25, 0.3) is 10.2 Å². The fraction of sp³-hybridized carbons (Fsp3) is 0.231.